The van der Waals surface area contributed by atoms with Crippen molar-refractivity contribution >= 4 is 10.0 Å². The zero-order valence-electron chi connectivity index (χ0n) is 16.2. The molecule has 1 N–H and O–H groups in total. The summed E-state index contributed by atoms with van der Waals surface area (Å²) in [5, 5.41) is 0. The number of ether oxygens (including phenoxy) is 1. The normalized spacial score (nSPS) is 18.2. The lowest BCUT2D eigenvalue weighted by Gasteiger charge is -2.38. The van der Waals surface area contributed by atoms with E-state index in [1.807, 2.05) is 51.1 Å². The average molecular weight is 389 g/mol. The van der Waals surface area contributed by atoms with Gasteiger partial charge in [0.2, 0.25) is 10.0 Å². The Labute approximate surface area is 162 Å². The van der Waals surface area contributed by atoms with E-state index >= 15 is 0 Å². The molecule has 6 heteroatoms. The lowest BCUT2D eigenvalue weighted by atomic mass is 9.99. The lowest BCUT2D eigenvalue weighted by molar-refractivity contribution is 0.0105. The molecule has 0 spiro atoms. The van der Waals surface area contributed by atoms with Gasteiger partial charge in [0, 0.05) is 19.1 Å². The Morgan fingerprint density at radius 1 is 1.04 bits per heavy atom. The van der Waals surface area contributed by atoms with Crippen LogP contribution in [0.4, 0.5) is 0 Å². The van der Waals surface area contributed by atoms with Gasteiger partial charge < -0.3 is 4.74 Å². The zero-order chi connectivity index (χ0) is 19.4. The number of nitrogens with zero attached hydrogens (tertiary/aromatic N) is 1. The first-order valence-corrected chi connectivity index (χ1v) is 10.8. The third kappa shape index (κ3) is 4.76. The Kier molecular flexibility index (Phi) is 6.32. The highest BCUT2D eigenvalue weighted by Crippen LogP contribution is 2.27. The molecule has 2 atom stereocenters. The van der Waals surface area contributed by atoms with Gasteiger partial charge >= 0.3 is 0 Å². The molecule has 0 bridgehead atoms. The predicted octanol–water partition coefficient (Wildman–Crippen LogP) is 3.04. The van der Waals surface area contributed by atoms with Crippen LogP contribution >= 0.6 is 0 Å². The number of nitrogens with one attached hydrogen (secondary N) is 1. The summed E-state index contributed by atoms with van der Waals surface area (Å²) in [6.45, 7) is 8.58. The molecule has 27 heavy (non-hydrogen) atoms. The number of morpholine rings is 1. The molecule has 0 radical (unpaired) electrons. The smallest absolute Gasteiger partial charge is 0.241 e. The molecule has 2 aromatic carbocycles. The fourth-order valence-corrected chi connectivity index (χ4v) is 5.27. The van der Waals surface area contributed by atoms with Gasteiger partial charge in [0.25, 0.3) is 0 Å². The van der Waals surface area contributed by atoms with Crippen LogP contribution in [-0.2, 0) is 14.8 Å². The van der Waals surface area contributed by atoms with Crippen molar-refractivity contribution in [1.82, 2.24) is 9.62 Å². The summed E-state index contributed by atoms with van der Waals surface area (Å²) >= 11 is 0. The van der Waals surface area contributed by atoms with Crippen molar-refractivity contribution in [2.24, 2.45) is 0 Å². The van der Waals surface area contributed by atoms with Gasteiger partial charge in [-0.25, -0.2) is 13.1 Å². The van der Waals surface area contributed by atoms with Crippen molar-refractivity contribution in [3.8, 4) is 0 Å². The van der Waals surface area contributed by atoms with Crippen LogP contribution < -0.4 is 4.72 Å². The van der Waals surface area contributed by atoms with Crippen LogP contribution in [0.1, 0.15) is 29.7 Å². The molecule has 5 nitrogen and oxygen atoms in total. The number of benzene rings is 2. The molecule has 1 aliphatic rings. The van der Waals surface area contributed by atoms with Crippen molar-refractivity contribution in [3.05, 3.63) is 65.2 Å². The Balaban J connectivity index is 1.89. The Morgan fingerprint density at radius 2 is 1.70 bits per heavy atom. The van der Waals surface area contributed by atoms with Crippen LogP contribution in [0.2, 0.25) is 0 Å². The summed E-state index contributed by atoms with van der Waals surface area (Å²) in [5.74, 6) is 0. The molecular weight excluding hydrogens is 360 g/mol. The molecule has 1 heterocycles. The minimum atomic E-state index is -3.61. The second-order valence-corrected chi connectivity index (χ2v) is 8.87. The van der Waals surface area contributed by atoms with Crippen LogP contribution in [0.25, 0.3) is 0 Å². The van der Waals surface area contributed by atoms with Crippen LogP contribution in [-0.4, -0.2) is 45.7 Å². The topological polar surface area (TPSA) is 58.6 Å². The van der Waals surface area contributed by atoms with Gasteiger partial charge in [-0.2, -0.15) is 0 Å². The molecule has 0 aliphatic carbocycles. The maximum Gasteiger partial charge on any atom is 0.241 e. The number of sulfonamides is 1. The van der Waals surface area contributed by atoms with Gasteiger partial charge in [0.15, 0.2) is 0 Å². The van der Waals surface area contributed by atoms with Gasteiger partial charge in [-0.3, -0.25) is 4.90 Å². The van der Waals surface area contributed by atoms with E-state index in [0.29, 0.717) is 18.1 Å². The minimum absolute atomic E-state index is 0.0463. The summed E-state index contributed by atoms with van der Waals surface area (Å²) in [5.41, 5.74) is 2.79. The fourth-order valence-electron chi connectivity index (χ4n) is 3.69. The van der Waals surface area contributed by atoms with E-state index in [-0.39, 0.29) is 12.1 Å². The van der Waals surface area contributed by atoms with E-state index in [9.17, 15) is 8.42 Å². The van der Waals surface area contributed by atoms with Gasteiger partial charge in [0.1, 0.15) is 0 Å². The molecule has 1 fully saturated rings. The Morgan fingerprint density at radius 3 is 2.37 bits per heavy atom. The average Bonchev–Trinajstić information content (AvgIpc) is 2.65. The molecule has 0 amide bonds. The summed E-state index contributed by atoms with van der Waals surface area (Å²) in [7, 11) is -3.61. The van der Waals surface area contributed by atoms with Crippen LogP contribution in [0, 0.1) is 13.8 Å². The molecular formula is C21H28N2O3S. The quantitative estimate of drug-likeness (QED) is 0.826. The number of hydrogen-bond acceptors (Lipinski definition) is 4. The zero-order valence-corrected chi connectivity index (χ0v) is 17.0. The number of hydrogen-bond donors (Lipinski definition) is 1. The predicted molar refractivity (Wildman–Crippen MR) is 107 cm³/mol. The van der Waals surface area contributed by atoms with E-state index in [0.717, 1.165) is 29.8 Å². The molecule has 0 aromatic heterocycles. The number of aryl methyl sites for hydroxylation is 2. The maximum atomic E-state index is 13.1. The van der Waals surface area contributed by atoms with Gasteiger partial charge in [-0.05, 0) is 43.5 Å². The highest BCUT2D eigenvalue weighted by molar-refractivity contribution is 7.89. The molecule has 1 aliphatic heterocycles. The first-order valence-electron chi connectivity index (χ1n) is 9.35. The fraction of sp³-hybridized carbons (Fsp3) is 0.429. The monoisotopic (exact) mass is 388 g/mol. The summed E-state index contributed by atoms with van der Waals surface area (Å²) in [6.07, 6.45) is 0. The first-order chi connectivity index (χ1) is 12.9. The minimum Gasteiger partial charge on any atom is -0.379 e. The lowest BCUT2D eigenvalue weighted by Crippen LogP contribution is -2.48. The molecule has 2 aromatic rings. The molecule has 0 saturated carbocycles. The molecule has 146 valence electrons. The van der Waals surface area contributed by atoms with Crippen molar-refractivity contribution < 1.29 is 13.2 Å². The Bertz CT molecular complexity index is 862. The molecule has 0 unspecified atom stereocenters. The SMILES string of the molecule is Cc1ccc(C)c(S(=O)(=O)N[C@@H](C)[C@H](c2ccccc2)N2CCOCC2)c1. The van der Waals surface area contributed by atoms with Gasteiger partial charge in [-0.1, -0.05) is 42.5 Å². The standard InChI is InChI=1S/C21H28N2O3S/c1-16-9-10-17(2)20(15-16)27(24,25)22-18(3)21(19-7-5-4-6-8-19)23-11-13-26-14-12-23/h4-10,15,18,21-22H,11-14H2,1-3H3/t18-,21+/m0/s1. The summed E-state index contributed by atoms with van der Waals surface area (Å²) in [4.78, 5) is 2.65. The van der Waals surface area contributed by atoms with Gasteiger partial charge in [-0.15, -0.1) is 0 Å². The van der Waals surface area contributed by atoms with Crippen LogP contribution in [0.5, 0.6) is 0 Å². The van der Waals surface area contributed by atoms with Crippen LogP contribution in [0.15, 0.2) is 53.4 Å². The van der Waals surface area contributed by atoms with Crippen LogP contribution in [0.3, 0.4) is 0 Å². The highest BCUT2D eigenvalue weighted by Gasteiger charge is 2.31. The van der Waals surface area contributed by atoms with Gasteiger partial charge in [0.05, 0.1) is 24.2 Å². The Hall–Kier alpha value is -1.73. The third-order valence-electron chi connectivity index (χ3n) is 5.03. The van der Waals surface area contributed by atoms with Crippen molar-refractivity contribution in [2.75, 3.05) is 26.3 Å². The van der Waals surface area contributed by atoms with E-state index in [2.05, 4.69) is 21.8 Å². The summed E-state index contributed by atoms with van der Waals surface area (Å²) in [6, 6.07) is 15.3. The highest BCUT2D eigenvalue weighted by atomic mass is 32.2. The number of rotatable bonds is 6. The second-order valence-electron chi connectivity index (χ2n) is 7.18. The van der Waals surface area contributed by atoms with Crippen molar-refractivity contribution in [2.45, 2.75) is 37.8 Å². The van der Waals surface area contributed by atoms with Crippen molar-refractivity contribution in [3.63, 3.8) is 0 Å². The summed E-state index contributed by atoms with van der Waals surface area (Å²) < 4.78 is 34.6. The third-order valence-corrected chi connectivity index (χ3v) is 6.73. The second kappa shape index (κ2) is 8.52. The molecule has 1 saturated heterocycles. The molecule has 3 rings (SSSR count). The van der Waals surface area contributed by atoms with E-state index in [1.54, 1.807) is 6.07 Å². The first kappa shape index (κ1) is 20.0. The maximum absolute atomic E-state index is 13.1. The largest absolute Gasteiger partial charge is 0.379 e. The van der Waals surface area contributed by atoms with E-state index in [1.165, 1.54) is 0 Å². The van der Waals surface area contributed by atoms with E-state index < -0.39 is 10.0 Å². The van der Waals surface area contributed by atoms with E-state index in [4.69, 9.17) is 4.74 Å². The van der Waals surface area contributed by atoms with Crippen molar-refractivity contribution in [1.29, 1.82) is 0 Å².